The van der Waals surface area contributed by atoms with Gasteiger partial charge in [-0.15, -0.1) is 0 Å². The molecule has 0 spiro atoms. The fourth-order valence-electron chi connectivity index (χ4n) is 3.39. The molecule has 192 valence electrons. The second-order valence-electron chi connectivity index (χ2n) is 9.02. The number of benzene rings is 2. The lowest BCUT2D eigenvalue weighted by Gasteiger charge is -2.30. The van der Waals surface area contributed by atoms with E-state index in [9.17, 15) is 9.59 Å². The van der Waals surface area contributed by atoms with Crippen molar-refractivity contribution in [3.05, 3.63) is 52.5 Å². The van der Waals surface area contributed by atoms with E-state index in [0.29, 0.717) is 41.5 Å². The Labute approximate surface area is 215 Å². The number of methoxy groups -OCH3 is 1. The average Bonchev–Trinajstić information content (AvgIpc) is 2.77. The van der Waals surface area contributed by atoms with Gasteiger partial charge < -0.3 is 29.6 Å². The molecule has 1 atom stereocenters. The second-order valence-corrected chi connectivity index (χ2v) is 9.88. The lowest BCUT2D eigenvalue weighted by Crippen LogP contribution is -2.43. The molecule has 0 radical (unpaired) electrons. The standard InChI is InChI=1S/C26H35BrN2O6/c1-26(2,3)35-23(30)12-11-21(25(28)31)29(4)24-20(27)15-19(33-14-13-32-5)16-22(24)34-17-18-9-7-6-8-10-18/h6-10,15-16,21H,11-14,17H2,1-5H3,(H2,28,31)/t21-/m0/s1. The number of hydrogen-bond donors (Lipinski definition) is 1. The first-order valence-electron chi connectivity index (χ1n) is 11.4. The largest absolute Gasteiger partial charge is 0.491 e. The summed E-state index contributed by atoms with van der Waals surface area (Å²) in [4.78, 5) is 26.4. The highest BCUT2D eigenvalue weighted by Gasteiger charge is 2.28. The van der Waals surface area contributed by atoms with Gasteiger partial charge in [-0.3, -0.25) is 9.59 Å². The van der Waals surface area contributed by atoms with Gasteiger partial charge in [-0.05, 0) is 54.8 Å². The van der Waals surface area contributed by atoms with Gasteiger partial charge >= 0.3 is 5.97 Å². The Morgan fingerprint density at radius 3 is 2.37 bits per heavy atom. The highest BCUT2D eigenvalue weighted by molar-refractivity contribution is 9.10. The molecule has 0 saturated heterocycles. The van der Waals surface area contributed by atoms with Crippen LogP contribution in [0.3, 0.4) is 0 Å². The molecule has 35 heavy (non-hydrogen) atoms. The fourth-order valence-corrected chi connectivity index (χ4v) is 4.09. The quantitative estimate of drug-likeness (QED) is 0.290. The molecule has 0 heterocycles. The van der Waals surface area contributed by atoms with Crippen molar-refractivity contribution in [2.24, 2.45) is 5.73 Å². The number of rotatable bonds is 13. The van der Waals surface area contributed by atoms with Crippen LogP contribution >= 0.6 is 15.9 Å². The van der Waals surface area contributed by atoms with Crippen molar-refractivity contribution >= 4 is 33.5 Å². The SMILES string of the molecule is COCCOc1cc(Br)c(N(C)[C@@H](CCC(=O)OC(C)(C)C)C(N)=O)c(OCc2ccccc2)c1. The number of nitrogens with zero attached hydrogens (tertiary/aromatic N) is 1. The molecule has 0 aliphatic heterocycles. The minimum atomic E-state index is -0.766. The number of amides is 1. The topological polar surface area (TPSA) is 100 Å². The molecule has 0 aliphatic rings. The van der Waals surface area contributed by atoms with Crippen LogP contribution in [0.15, 0.2) is 46.9 Å². The van der Waals surface area contributed by atoms with Gasteiger partial charge in [0.2, 0.25) is 5.91 Å². The molecule has 9 heteroatoms. The normalized spacial score (nSPS) is 12.1. The van der Waals surface area contributed by atoms with Crippen molar-refractivity contribution in [2.75, 3.05) is 32.3 Å². The molecule has 2 rings (SSSR count). The molecule has 2 N–H and O–H groups in total. The highest BCUT2D eigenvalue weighted by Crippen LogP contribution is 2.41. The molecule has 2 aromatic rings. The zero-order chi connectivity index (χ0) is 26.0. The molecular weight excluding hydrogens is 516 g/mol. The lowest BCUT2D eigenvalue weighted by molar-refractivity contribution is -0.155. The zero-order valence-corrected chi connectivity index (χ0v) is 22.6. The summed E-state index contributed by atoms with van der Waals surface area (Å²) in [6.45, 7) is 6.52. The Balaban J connectivity index is 2.31. The summed E-state index contributed by atoms with van der Waals surface area (Å²) in [6.07, 6.45) is 0.239. The van der Waals surface area contributed by atoms with Gasteiger partial charge in [0.15, 0.2) is 0 Å². The van der Waals surface area contributed by atoms with Crippen molar-refractivity contribution < 1.29 is 28.5 Å². The Kier molecular flexibility index (Phi) is 10.9. The van der Waals surface area contributed by atoms with Gasteiger partial charge in [-0.2, -0.15) is 0 Å². The molecule has 2 aromatic carbocycles. The van der Waals surface area contributed by atoms with E-state index < -0.39 is 23.5 Å². The lowest BCUT2D eigenvalue weighted by atomic mass is 10.1. The maximum Gasteiger partial charge on any atom is 0.306 e. The third-order valence-electron chi connectivity index (χ3n) is 4.99. The number of halogens is 1. The Hall–Kier alpha value is -2.78. The molecule has 8 nitrogen and oxygen atoms in total. The summed E-state index contributed by atoms with van der Waals surface area (Å²) < 4.78 is 23.0. The van der Waals surface area contributed by atoms with Gasteiger partial charge in [0.25, 0.3) is 0 Å². The van der Waals surface area contributed by atoms with Gasteiger partial charge in [0, 0.05) is 31.1 Å². The number of likely N-dealkylation sites (N-methyl/N-ethyl adjacent to an activating group) is 1. The van der Waals surface area contributed by atoms with Crippen molar-refractivity contribution in [2.45, 2.75) is 51.9 Å². The van der Waals surface area contributed by atoms with E-state index in [2.05, 4.69) is 15.9 Å². The molecular formula is C26H35BrN2O6. The molecule has 0 fully saturated rings. The summed E-state index contributed by atoms with van der Waals surface area (Å²) in [6, 6.07) is 12.5. The van der Waals surface area contributed by atoms with Crippen LogP contribution in [-0.4, -0.2) is 50.9 Å². The van der Waals surface area contributed by atoms with E-state index >= 15 is 0 Å². The van der Waals surface area contributed by atoms with Crippen molar-refractivity contribution in [1.82, 2.24) is 0 Å². The van der Waals surface area contributed by atoms with Gasteiger partial charge in [0.1, 0.15) is 36.4 Å². The first kappa shape index (κ1) is 28.5. The number of anilines is 1. The van der Waals surface area contributed by atoms with Crippen molar-refractivity contribution in [3.63, 3.8) is 0 Å². The van der Waals surface area contributed by atoms with Crippen molar-refractivity contribution in [3.8, 4) is 11.5 Å². The van der Waals surface area contributed by atoms with Crippen LogP contribution in [0.4, 0.5) is 5.69 Å². The van der Waals surface area contributed by atoms with Crippen LogP contribution in [0.2, 0.25) is 0 Å². The minimum absolute atomic E-state index is 0.0469. The van der Waals surface area contributed by atoms with Gasteiger partial charge in [-0.1, -0.05) is 30.3 Å². The van der Waals surface area contributed by atoms with Crippen LogP contribution in [0, 0.1) is 0 Å². The number of hydrogen-bond acceptors (Lipinski definition) is 7. The predicted octanol–water partition coefficient (Wildman–Crippen LogP) is 4.47. The van der Waals surface area contributed by atoms with Gasteiger partial charge in [0.05, 0.1) is 12.3 Å². The molecule has 0 aromatic heterocycles. The van der Waals surface area contributed by atoms with Crippen molar-refractivity contribution in [1.29, 1.82) is 0 Å². The monoisotopic (exact) mass is 550 g/mol. The number of nitrogens with two attached hydrogens (primary N) is 1. The van der Waals surface area contributed by atoms with Gasteiger partial charge in [-0.25, -0.2) is 0 Å². The van der Waals surface area contributed by atoms with Crippen LogP contribution in [-0.2, 0) is 25.7 Å². The first-order chi connectivity index (χ1) is 16.5. The number of esters is 1. The van der Waals surface area contributed by atoms with E-state index in [1.54, 1.807) is 52.0 Å². The predicted molar refractivity (Wildman–Crippen MR) is 139 cm³/mol. The number of primary amides is 1. The molecule has 0 saturated carbocycles. The van der Waals surface area contributed by atoms with E-state index in [0.717, 1.165) is 5.56 Å². The molecule has 0 unspecified atom stereocenters. The number of ether oxygens (including phenoxy) is 4. The Bertz CT molecular complexity index is 978. The molecule has 0 aliphatic carbocycles. The summed E-state index contributed by atoms with van der Waals surface area (Å²) in [5.74, 6) is 0.135. The van der Waals surface area contributed by atoms with E-state index in [1.807, 2.05) is 30.3 Å². The van der Waals surface area contributed by atoms with Crippen LogP contribution in [0.1, 0.15) is 39.2 Å². The summed E-state index contributed by atoms with van der Waals surface area (Å²) in [5, 5.41) is 0. The van der Waals surface area contributed by atoms with Crippen LogP contribution in [0.5, 0.6) is 11.5 Å². The fraction of sp³-hybridized carbons (Fsp3) is 0.462. The summed E-state index contributed by atoms with van der Waals surface area (Å²) in [7, 11) is 3.35. The second kappa shape index (κ2) is 13.3. The van der Waals surface area contributed by atoms with Crippen LogP contribution < -0.4 is 20.1 Å². The molecule has 1 amide bonds. The third kappa shape index (κ3) is 9.41. The van der Waals surface area contributed by atoms with E-state index in [1.165, 1.54) is 0 Å². The highest BCUT2D eigenvalue weighted by atomic mass is 79.9. The maximum atomic E-state index is 12.4. The average molecular weight is 551 g/mol. The Morgan fingerprint density at radius 2 is 1.77 bits per heavy atom. The maximum absolute atomic E-state index is 12.4. The zero-order valence-electron chi connectivity index (χ0n) is 21.0. The summed E-state index contributed by atoms with van der Waals surface area (Å²) in [5.41, 5.74) is 6.74. The smallest absolute Gasteiger partial charge is 0.306 e. The number of carbonyl (C=O) groups is 2. The van der Waals surface area contributed by atoms with Crippen LogP contribution in [0.25, 0.3) is 0 Å². The Morgan fingerprint density at radius 1 is 1.09 bits per heavy atom. The first-order valence-corrected chi connectivity index (χ1v) is 12.2. The number of carbonyl (C=O) groups excluding carboxylic acids is 2. The minimum Gasteiger partial charge on any atom is -0.491 e. The summed E-state index contributed by atoms with van der Waals surface area (Å²) >= 11 is 3.59. The molecule has 0 bridgehead atoms. The third-order valence-corrected chi connectivity index (χ3v) is 5.59. The van der Waals surface area contributed by atoms with E-state index in [4.69, 9.17) is 24.7 Å². The van der Waals surface area contributed by atoms with E-state index in [-0.39, 0.29) is 12.8 Å².